The standard InChI is InChI=1S/C13H12N2O5/c1-2-13(18)14(9-16)8-7-12(17)10-3-5-11(6-4-10)15(19)20/h2-6,9H,1,7-8H2. The Bertz CT molecular complexity index is 550. The van der Waals surface area contributed by atoms with E-state index in [0.717, 1.165) is 11.0 Å². The lowest BCUT2D eigenvalue weighted by molar-refractivity contribution is -0.384. The van der Waals surface area contributed by atoms with Crippen molar-refractivity contribution in [3.63, 3.8) is 0 Å². The van der Waals surface area contributed by atoms with Gasteiger partial charge in [0.05, 0.1) is 4.92 Å². The molecule has 7 nitrogen and oxygen atoms in total. The molecule has 0 saturated carbocycles. The van der Waals surface area contributed by atoms with Crippen molar-refractivity contribution in [3.8, 4) is 0 Å². The van der Waals surface area contributed by atoms with Gasteiger partial charge in [-0.2, -0.15) is 0 Å². The number of imide groups is 1. The molecular formula is C13H12N2O5. The van der Waals surface area contributed by atoms with Gasteiger partial charge in [-0.1, -0.05) is 6.58 Å². The highest BCUT2D eigenvalue weighted by atomic mass is 16.6. The smallest absolute Gasteiger partial charge is 0.269 e. The Labute approximate surface area is 114 Å². The number of nitro benzene ring substituents is 1. The highest BCUT2D eigenvalue weighted by Crippen LogP contribution is 2.13. The first-order valence-corrected chi connectivity index (χ1v) is 5.65. The maximum Gasteiger partial charge on any atom is 0.269 e. The van der Waals surface area contributed by atoms with E-state index >= 15 is 0 Å². The third-order valence-electron chi connectivity index (χ3n) is 2.56. The summed E-state index contributed by atoms with van der Waals surface area (Å²) in [5, 5.41) is 10.5. The molecule has 104 valence electrons. The number of carbonyl (C=O) groups is 3. The summed E-state index contributed by atoms with van der Waals surface area (Å²) in [6.45, 7) is 3.18. The molecule has 0 saturated heterocycles. The predicted octanol–water partition coefficient (Wildman–Crippen LogP) is 1.34. The fraction of sp³-hybridized carbons (Fsp3) is 0.154. The molecule has 0 aliphatic heterocycles. The molecule has 0 atom stereocenters. The third kappa shape index (κ3) is 3.84. The first kappa shape index (κ1) is 15.2. The minimum absolute atomic E-state index is 0.0594. The molecule has 0 radical (unpaired) electrons. The van der Waals surface area contributed by atoms with Gasteiger partial charge in [-0.25, -0.2) is 0 Å². The molecule has 7 heteroatoms. The van der Waals surface area contributed by atoms with Gasteiger partial charge in [-0.05, 0) is 18.2 Å². The molecule has 0 aliphatic carbocycles. The third-order valence-corrected chi connectivity index (χ3v) is 2.56. The van der Waals surface area contributed by atoms with Crippen molar-refractivity contribution in [3.05, 3.63) is 52.6 Å². The zero-order valence-electron chi connectivity index (χ0n) is 10.5. The summed E-state index contributed by atoms with van der Waals surface area (Å²) in [4.78, 5) is 44.4. The van der Waals surface area contributed by atoms with Crippen LogP contribution in [0.5, 0.6) is 0 Å². The maximum atomic E-state index is 11.8. The van der Waals surface area contributed by atoms with Crippen molar-refractivity contribution in [1.29, 1.82) is 0 Å². The Morgan fingerprint density at radius 3 is 2.35 bits per heavy atom. The SMILES string of the molecule is C=CC(=O)N(C=O)CCC(=O)c1ccc([N+](=O)[O-])cc1. The van der Waals surface area contributed by atoms with Gasteiger partial charge in [-0.3, -0.25) is 29.4 Å². The molecular weight excluding hydrogens is 264 g/mol. The van der Waals surface area contributed by atoms with Gasteiger partial charge in [0.2, 0.25) is 6.41 Å². The number of ketones is 1. The molecule has 0 bridgehead atoms. The van der Waals surface area contributed by atoms with Crippen LogP contribution in [-0.4, -0.2) is 34.5 Å². The van der Waals surface area contributed by atoms with E-state index < -0.39 is 10.8 Å². The summed E-state index contributed by atoms with van der Waals surface area (Å²) >= 11 is 0. The number of amides is 2. The van der Waals surface area contributed by atoms with Crippen LogP contribution >= 0.6 is 0 Å². The van der Waals surface area contributed by atoms with Crippen molar-refractivity contribution in [2.45, 2.75) is 6.42 Å². The topological polar surface area (TPSA) is 97.6 Å². The number of hydrogen-bond donors (Lipinski definition) is 0. The molecule has 1 rings (SSSR count). The van der Waals surface area contributed by atoms with Crippen molar-refractivity contribution < 1.29 is 19.3 Å². The van der Waals surface area contributed by atoms with E-state index in [1.165, 1.54) is 24.3 Å². The van der Waals surface area contributed by atoms with E-state index in [9.17, 15) is 24.5 Å². The van der Waals surface area contributed by atoms with Crippen molar-refractivity contribution in [1.82, 2.24) is 4.90 Å². The van der Waals surface area contributed by atoms with Crippen LogP contribution < -0.4 is 0 Å². The summed E-state index contributed by atoms with van der Waals surface area (Å²) in [7, 11) is 0. The van der Waals surface area contributed by atoms with Crippen LogP contribution in [0.4, 0.5) is 5.69 Å². The average Bonchev–Trinajstić information content (AvgIpc) is 2.47. The second-order valence-corrected chi connectivity index (χ2v) is 3.82. The van der Waals surface area contributed by atoms with E-state index in [4.69, 9.17) is 0 Å². The fourth-order valence-electron chi connectivity index (χ4n) is 1.47. The molecule has 0 fully saturated rings. The van der Waals surface area contributed by atoms with E-state index in [1.807, 2.05) is 0 Å². The van der Waals surface area contributed by atoms with Crippen molar-refractivity contribution in [2.75, 3.05) is 6.54 Å². The van der Waals surface area contributed by atoms with Gasteiger partial charge in [0.1, 0.15) is 0 Å². The lowest BCUT2D eigenvalue weighted by Crippen LogP contribution is -2.30. The molecule has 0 unspecified atom stereocenters. The number of Topliss-reactive ketones (excluding diaryl/α,β-unsaturated/α-hetero) is 1. The number of non-ortho nitro benzene ring substituents is 1. The van der Waals surface area contributed by atoms with E-state index in [1.54, 1.807) is 0 Å². The largest absolute Gasteiger partial charge is 0.294 e. The molecule has 0 aliphatic rings. The molecule has 1 aromatic rings. The second-order valence-electron chi connectivity index (χ2n) is 3.82. The molecule has 20 heavy (non-hydrogen) atoms. The molecule has 0 N–H and O–H groups in total. The zero-order valence-corrected chi connectivity index (χ0v) is 10.5. The zero-order chi connectivity index (χ0) is 15.1. The van der Waals surface area contributed by atoms with Crippen molar-refractivity contribution >= 4 is 23.8 Å². The van der Waals surface area contributed by atoms with Gasteiger partial charge in [0.15, 0.2) is 5.78 Å². The molecule has 0 heterocycles. The van der Waals surface area contributed by atoms with Gasteiger partial charge in [0, 0.05) is 30.7 Å². The molecule has 0 spiro atoms. The van der Waals surface area contributed by atoms with Gasteiger partial charge in [-0.15, -0.1) is 0 Å². The lowest BCUT2D eigenvalue weighted by atomic mass is 10.1. The van der Waals surface area contributed by atoms with Crippen LogP contribution in [0, 0.1) is 10.1 Å². The van der Waals surface area contributed by atoms with E-state index in [-0.39, 0.29) is 30.0 Å². The summed E-state index contributed by atoms with van der Waals surface area (Å²) in [6.07, 6.45) is 1.24. The Balaban J connectivity index is 2.67. The van der Waals surface area contributed by atoms with Crippen LogP contribution in [0.25, 0.3) is 0 Å². The minimum atomic E-state index is -0.587. The van der Waals surface area contributed by atoms with E-state index in [0.29, 0.717) is 6.41 Å². The number of carbonyl (C=O) groups excluding carboxylic acids is 3. The first-order chi connectivity index (χ1) is 9.49. The summed E-state index contributed by atoms with van der Waals surface area (Å²) in [6, 6.07) is 5.11. The molecule has 0 aromatic heterocycles. The van der Waals surface area contributed by atoms with Crippen LogP contribution in [0.3, 0.4) is 0 Å². The number of benzene rings is 1. The van der Waals surface area contributed by atoms with Gasteiger partial charge < -0.3 is 0 Å². The maximum absolute atomic E-state index is 11.8. The minimum Gasteiger partial charge on any atom is -0.294 e. The monoisotopic (exact) mass is 276 g/mol. The molecule has 2 amide bonds. The predicted molar refractivity (Wildman–Crippen MR) is 70.0 cm³/mol. The summed E-state index contributed by atoms with van der Waals surface area (Å²) in [5.74, 6) is -0.903. The second kappa shape index (κ2) is 6.93. The number of hydrogen-bond acceptors (Lipinski definition) is 5. The van der Waals surface area contributed by atoms with Crippen molar-refractivity contribution in [2.24, 2.45) is 0 Å². The van der Waals surface area contributed by atoms with Crippen LogP contribution in [0.15, 0.2) is 36.9 Å². The highest BCUT2D eigenvalue weighted by Gasteiger charge is 2.13. The average molecular weight is 276 g/mol. The normalized spacial score (nSPS) is 9.60. The Morgan fingerprint density at radius 1 is 1.30 bits per heavy atom. The van der Waals surface area contributed by atoms with Crippen LogP contribution in [0.1, 0.15) is 16.8 Å². The number of nitro groups is 1. The van der Waals surface area contributed by atoms with Gasteiger partial charge in [0.25, 0.3) is 11.6 Å². The van der Waals surface area contributed by atoms with E-state index in [2.05, 4.69) is 6.58 Å². The quantitative estimate of drug-likeness (QED) is 0.246. The Hall–Kier alpha value is -2.83. The Kier molecular flexibility index (Phi) is 5.28. The highest BCUT2D eigenvalue weighted by molar-refractivity contribution is 5.98. The first-order valence-electron chi connectivity index (χ1n) is 5.65. The van der Waals surface area contributed by atoms with Crippen LogP contribution in [-0.2, 0) is 9.59 Å². The number of rotatable bonds is 7. The van der Waals surface area contributed by atoms with Crippen LogP contribution in [0.2, 0.25) is 0 Å². The number of nitrogens with zero attached hydrogens (tertiary/aromatic N) is 2. The molecule has 1 aromatic carbocycles. The fourth-order valence-corrected chi connectivity index (χ4v) is 1.47. The summed E-state index contributed by atoms with van der Waals surface area (Å²) in [5.41, 5.74) is 0.172. The van der Waals surface area contributed by atoms with Gasteiger partial charge >= 0.3 is 0 Å². The lowest BCUT2D eigenvalue weighted by Gasteiger charge is -2.12. The summed E-state index contributed by atoms with van der Waals surface area (Å²) < 4.78 is 0. The Morgan fingerprint density at radius 2 is 1.90 bits per heavy atom.